The molecule has 0 aliphatic heterocycles. The Kier molecular flexibility index (Phi) is 4.93. The summed E-state index contributed by atoms with van der Waals surface area (Å²) in [4.78, 5) is 4.18. The number of aromatic nitrogens is 1. The van der Waals surface area contributed by atoms with Crippen LogP contribution in [0.2, 0.25) is 0 Å². The highest BCUT2D eigenvalue weighted by atomic mass is 14.9. The van der Waals surface area contributed by atoms with E-state index in [0.29, 0.717) is 5.82 Å². The number of rotatable bonds is 6. The Balaban J connectivity index is 2.07. The van der Waals surface area contributed by atoms with E-state index >= 15 is 0 Å². The molecule has 0 bridgehead atoms. The van der Waals surface area contributed by atoms with Crippen molar-refractivity contribution in [3.05, 3.63) is 59.8 Å². The van der Waals surface area contributed by atoms with Crippen molar-refractivity contribution >= 4 is 5.82 Å². The Bertz CT molecular complexity index is 496. The number of nitrogens with one attached hydrogen (secondary N) is 1. The highest BCUT2D eigenvalue weighted by molar-refractivity contribution is 5.40. The number of anilines is 1. The van der Waals surface area contributed by atoms with E-state index in [0.717, 1.165) is 24.9 Å². The number of nitrogens with zero attached hydrogens (tertiary/aromatic N) is 1. The highest BCUT2D eigenvalue weighted by Crippen LogP contribution is 2.22. The minimum atomic E-state index is 0.263. The normalized spacial score (nSPS) is 12.3. The predicted molar refractivity (Wildman–Crippen MR) is 79.8 cm³/mol. The molecule has 0 amide bonds. The van der Waals surface area contributed by atoms with E-state index in [1.807, 2.05) is 12.1 Å². The van der Waals surface area contributed by atoms with Crippen molar-refractivity contribution in [3.63, 3.8) is 0 Å². The molecular formula is C16H21N3. The van der Waals surface area contributed by atoms with Gasteiger partial charge < -0.3 is 11.1 Å². The summed E-state index contributed by atoms with van der Waals surface area (Å²) >= 11 is 0. The minimum absolute atomic E-state index is 0.263. The Labute approximate surface area is 114 Å². The van der Waals surface area contributed by atoms with E-state index in [1.54, 1.807) is 6.20 Å². The molecule has 0 aliphatic rings. The van der Waals surface area contributed by atoms with Crippen molar-refractivity contribution in [1.29, 1.82) is 0 Å². The first kappa shape index (κ1) is 13.6. The second-order valence-electron chi connectivity index (χ2n) is 4.61. The average Bonchev–Trinajstić information content (AvgIpc) is 2.45. The van der Waals surface area contributed by atoms with E-state index in [4.69, 9.17) is 5.73 Å². The standard InChI is InChI=1S/C16H21N3/c1-2-18-15(14-9-6-12-19-16(14)17)11-10-13-7-4-3-5-8-13/h3-9,12,15,18H,2,10-11H2,1H3,(H2,17,19). The summed E-state index contributed by atoms with van der Waals surface area (Å²) in [7, 11) is 0. The summed E-state index contributed by atoms with van der Waals surface area (Å²) < 4.78 is 0. The van der Waals surface area contributed by atoms with Gasteiger partial charge in [0.1, 0.15) is 5.82 Å². The van der Waals surface area contributed by atoms with Gasteiger partial charge in [-0.2, -0.15) is 0 Å². The lowest BCUT2D eigenvalue weighted by Crippen LogP contribution is -2.22. The maximum Gasteiger partial charge on any atom is 0.128 e. The van der Waals surface area contributed by atoms with Crippen LogP contribution in [0.15, 0.2) is 48.7 Å². The van der Waals surface area contributed by atoms with Crippen LogP contribution >= 0.6 is 0 Å². The number of nitrogen functional groups attached to an aromatic ring is 1. The quantitative estimate of drug-likeness (QED) is 0.834. The smallest absolute Gasteiger partial charge is 0.128 e. The lowest BCUT2D eigenvalue weighted by Gasteiger charge is -2.19. The molecule has 0 saturated heterocycles. The van der Waals surface area contributed by atoms with Crippen LogP contribution in [0.5, 0.6) is 0 Å². The Hall–Kier alpha value is -1.87. The molecule has 1 atom stereocenters. The number of aryl methyl sites for hydroxylation is 1. The third-order valence-corrected chi connectivity index (χ3v) is 3.26. The summed E-state index contributed by atoms with van der Waals surface area (Å²) in [6, 6.07) is 14.8. The van der Waals surface area contributed by atoms with E-state index in [9.17, 15) is 0 Å². The molecule has 19 heavy (non-hydrogen) atoms. The third-order valence-electron chi connectivity index (χ3n) is 3.26. The van der Waals surface area contributed by atoms with Gasteiger partial charge in [-0.3, -0.25) is 0 Å². The summed E-state index contributed by atoms with van der Waals surface area (Å²) in [6.07, 6.45) is 3.79. The largest absolute Gasteiger partial charge is 0.383 e. The zero-order valence-electron chi connectivity index (χ0n) is 11.3. The van der Waals surface area contributed by atoms with Gasteiger partial charge in [-0.15, -0.1) is 0 Å². The molecule has 3 heteroatoms. The van der Waals surface area contributed by atoms with E-state index < -0.39 is 0 Å². The topological polar surface area (TPSA) is 50.9 Å². The fraction of sp³-hybridized carbons (Fsp3) is 0.312. The first-order valence-corrected chi connectivity index (χ1v) is 6.79. The van der Waals surface area contributed by atoms with Crippen LogP contribution in [-0.2, 0) is 6.42 Å². The van der Waals surface area contributed by atoms with Gasteiger partial charge >= 0.3 is 0 Å². The molecule has 1 heterocycles. The molecule has 1 aromatic carbocycles. The van der Waals surface area contributed by atoms with Gasteiger partial charge in [0.25, 0.3) is 0 Å². The zero-order valence-corrected chi connectivity index (χ0v) is 11.3. The van der Waals surface area contributed by atoms with Gasteiger partial charge in [-0.25, -0.2) is 4.98 Å². The maximum absolute atomic E-state index is 5.97. The molecule has 1 aromatic heterocycles. The van der Waals surface area contributed by atoms with Gasteiger partial charge in [0.2, 0.25) is 0 Å². The van der Waals surface area contributed by atoms with Crippen LogP contribution in [0.1, 0.15) is 30.5 Å². The van der Waals surface area contributed by atoms with E-state index in [2.05, 4.69) is 47.6 Å². The average molecular weight is 255 g/mol. The van der Waals surface area contributed by atoms with Gasteiger partial charge in [-0.1, -0.05) is 43.3 Å². The molecule has 2 aromatic rings. The van der Waals surface area contributed by atoms with Gasteiger partial charge in [0, 0.05) is 17.8 Å². The third kappa shape index (κ3) is 3.80. The molecule has 0 radical (unpaired) electrons. The Morgan fingerprint density at radius 2 is 1.95 bits per heavy atom. The van der Waals surface area contributed by atoms with Crippen LogP contribution in [0, 0.1) is 0 Å². The Morgan fingerprint density at radius 1 is 1.16 bits per heavy atom. The van der Waals surface area contributed by atoms with Crippen molar-refractivity contribution in [3.8, 4) is 0 Å². The van der Waals surface area contributed by atoms with Crippen LogP contribution < -0.4 is 11.1 Å². The summed E-state index contributed by atoms with van der Waals surface area (Å²) in [5.41, 5.74) is 8.42. The molecule has 3 nitrogen and oxygen atoms in total. The summed E-state index contributed by atoms with van der Waals surface area (Å²) in [5.74, 6) is 0.626. The molecule has 1 unspecified atom stereocenters. The lowest BCUT2D eigenvalue weighted by molar-refractivity contribution is 0.515. The van der Waals surface area contributed by atoms with E-state index in [1.165, 1.54) is 5.56 Å². The molecule has 100 valence electrons. The first-order chi connectivity index (χ1) is 9.31. The van der Waals surface area contributed by atoms with Crippen molar-refractivity contribution in [2.75, 3.05) is 12.3 Å². The van der Waals surface area contributed by atoms with Crippen molar-refractivity contribution < 1.29 is 0 Å². The minimum Gasteiger partial charge on any atom is -0.383 e. The molecule has 0 aliphatic carbocycles. The molecule has 2 rings (SSSR count). The monoisotopic (exact) mass is 255 g/mol. The summed E-state index contributed by atoms with van der Waals surface area (Å²) in [6.45, 7) is 3.04. The molecule has 0 spiro atoms. The van der Waals surface area contributed by atoms with Crippen molar-refractivity contribution in [2.24, 2.45) is 0 Å². The number of nitrogens with two attached hydrogens (primary N) is 1. The zero-order chi connectivity index (χ0) is 13.5. The second-order valence-corrected chi connectivity index (χ2v) is 4.61. The summed E-state index contributed by atoms with van der Waals surface area (Å²) in [5, 5.41) is 3.49. The highest BCUT2D eigenvalue weighted by Gasteiger charge is 2.13. The fourth-order valence-corrected chi connectivity index (χ4v) is 2.29. The number of benzene rings is 1. The Morgan fingerprint density at radius 3 is 2.63 bits per heavy atom. The van der Waals surface area contributed by atoms with Crippen LogP contribution in [0.4, 0.5) is 5.82 Å². The van der Waals surface area contributed by atoms with Crippen LogP contribution in [0.3, 0.4) is 0 Å². The number of pyridine rings is 1. The number of hydrogen-bond donors (Lipinski definition) is 2. The molecule has 3 N–H and O–H groups in total. The lowest BCUT2D eigenvalue weighted by atomic mass is 9.99. The number of hydrogen-bond acceptors (Lipinski definition) is 3. The van der Waals surface area contributed by atoms with E-state index in [-0.39, 0.29) is 6.04 Å². The SMILES string of the molecule is CCNC(CCc1ccccc1)c1cccnc1N. The van der Waals surface area contributed by atoms with Crippen LogP contribution in [0.25, 0.3) is 0 Å². The van der Waals surface area contributed by atoms with Crippen molar-refractivity contribution in [2.45, 2.75) is 25.8 Å². The van der Waals surface area contributed by atoms with Gasteiger partial charge in [0.15, 0.2) is 0 Å². The first-order valence-electron chi connectivity index (χ1n) is 6.79. The molecule has 0 saturated carbocycles. The molecule has 0 fully saturated rings. The second kappa shape index (κ2) is 6.90. The predicted octanol–water partition coefficient (Wildman–Crippen LogP) is 2.95. The molecular weight excluding hydrogens is 234 g/mol. The van der Waals surface area contributed by atoms with Crippen LogP contribution in [-0.4, -0.2) is 11.5 Å². The van der Waals surface area contributed by atoms with Gasteiger partial charge in [-0.05, 0) is 31.0 Å². The van der Waals surface area contributed by atoms with Gasteiger partial charge in [0.05, 0.1) is 0 Å². The van der Waals surface area contributed by atoms with Crippen molar-refractivity contribution in [1.82, 2.24) is 10.3 Å². The maximum atomic E-state index is 5.97. The fourth-order valence-electron chi connectivity index (χ4n) is 2.29.